The maximum absolute atomic E-state index is 13.5. The lowest BCUT2D eigenvalue weighted by Gasteiger charge is -2.38. The van der Waals surface area contributed by atoms with E-state index >= 15 is 0 Å². The third-order valence-electron chi connectivity index (χ3n) is 2.63. The third-order valence-corrected chi connectivity index (χ3v) is 2.63. The zero-order chi connectivity index (χ0) is 11.2. The van der Waals surface area contributed by atoms with Gasteiger partial charge in [-0.2, -0.15) is 0 Å². The second kappa shape index (κ2) is 2.95. The van der Waals surface area contributed by atoms with Crippen molar-refractivity contribution in [2.24, 2.45) is 0 Å². The SMILES string of the molecule is CN1C(=O)C(C)(C)Nc2c(F)cccc21. The normalized spacial score (nSPS) is 18.4. The third kappa shape index (κ3) is 1.37. The molecule has 1 amide bonds. The molecule has 15 heavy (non-hydrogen) atoms. The van der Waals surface area contributed by atoms with Gasteiger partial charge < -0.3 is 10.2 Å². The lowest BCUT2D eigenvalue weighted by Crippen LogP contribution is -2.52. The summed E-state index contributed by atoms with van der Waals surface area (Å²) < 4.78 is 13.5. The Labute approximate surface area is 87.9 Å². The Morgan fingerprint density at radius 1 is 1.40 bits per heavy atom. The summed E-state index contributed by atoms with van der Waals surface area (Å²) in [7, 11) is 1.66. The summed E-state index contributed by atoms with van der Waals surface area (Å²) in [6.07, 6.45) is 0. The molecule has 0 radical (unpaired) electrons. The van der Waals surface area contributed by atoms with Gasteiger partial charge in [-0.15, -0.1) is 0 Å². The minimum atomic E-state index is -0.760. The van der Waals surface area contributed by atoms with Crippen molar-refractivity contribution in [3.63, 3.8) is 0 Å². The van der Waals surface area contributed by atoms with Crippen molar-refractivity contribution in [2.75, 3.05) is 17.3 Å². The largest absolute Gasteiger partial charge is 0.368 e. The van der Waals surface area contributed by atoms with E-state index in [1.807, 2.05) is 0 Å². The number of nitrogens with zero attached hydrogens (tertiary/aromatic N) is 1. The number of hydrogen-bond donors (Lipinski definition) is 1. The van der Waals surface area contributed by atoms with Crippen molar-refractivity contribution in [3.05, 3.63) is 24.0 Å². The number of amides is 1. The Hall–Kier alpha value is -1.58. The molecule has 1 aromatic carbocycles. The van der Waals surface area contributed by atoms with Crippen molar-refractivity contribution in [2.45, 2.75) is 19.4 Å². The van der Waals surface area contributed by atoms with Crippen LogP contribution in [0.15, 0.2) is 18.2 Å². The van der Waals surface area contributed by atoms with Crippen LogP contribution in [-0.2, 0) is 4.79 Å². The summed E-state index contributed by atoms with van der Waals surface area (Å²) >= 11 is 0. The molecular weight excluding hydrogens is 195 g/mol. The molecule has 1 aliphatic rings. The Morgan fingerprint density at radius 2 is 2.07 bits per heavy atom. The van der Waals surface area contributed by atoms with E-state index in [1.54, 1.807) is 33.0 Å². The molecule has 0 bridgehead atoms. The molecule has 2 rings (SSSR count). The fourth-order valence-electron chi connectivity index (χ4n) is 1.81. The fraction of sp³-hybridized carbons (Fsp3) is 0.364. The standard InChI is InChI=1S/C11H13FN2O/c1-11(2)10(15)14(3)8-6-4-5-7(12)9(8)13-11/h4-6,13H,1-3H3. The number of benzene rings is 1. The Kier molecular flexibility index (Phi) is 1.96. The van der Waals surface area contributed by atoms with Crippen LogP contribution in [0, 0.1) is 5.82 Å². The van der Waals surface area contributed by atoms with Crippen molar-refractivity contribution in [1.82, 2.24) is 0 Å². The molecule has 1 heterocycles. The molecule has 0 spiro atoms. The average Bonchev–Trinajstić information content (AvgIpc) is 2.17. The van der Waals surface area contributed by atoms with E-state index < -0.39 is 5.54 Å². The minimum Gasteiger partial charge on any atom is -0.368 e. The van der Waals surface area contributed by atoms with Gasteiger partial charge in [0.05, 0.1) is 11.4 Å². The molecular formula is C11H13FN2O. The number of halogens is 1. The minimum absolute atomic E-state index is 0.0689. The van der Waals surface area contributed by atoms with E-state index in [1.165, 1.54) is 11.0 Å². The highest BCUT2D eigenvalue weighted by molar-refractivity contribution is 6.06. The highest BCUT2D eigenvalue weighted by atomic mass is 19.1. The molecule has 0 aliphatic carbocycles. The van der Waals surface area contributed by atoms with Crippen LogP contribution >= 0.6 is 0 Å². The molecule has 1 aromatic rings. The van der Waals surface area contributed by atoms with Crippen LogP contribution in [0.2, 0.25) is 0 Å². The van der Waals surface area contributed by atoms with Crippen LogP contribution in [0.25, 0.3) is 0 Å². The van der Waals surface area contributed by atoms with Crippen molar-refractivity contribution in [3.8, 4) is 0 Å². The van der Waals surface area contributed by atoms with Crippen molar-refractivity contribution >= 4 is 17.3 Å². The highest BCUT2D eigenvalue weighted by Crippen LogP contribution is 2.35. The second-order valence-electron chi connectivity index (χ2n) is 4.25. The van der Waals surface area contributed by atoms with Gasteiger partial charge in [-0.1, -0.05) is 6.07 Å². The van der Waals surface area contributed by atoms with E-state index in [0.717, 1.165) is 0 Å². The number of likely N-dealkylation sites (N-methyl/N-ethyl adjacent to an activating group) is 1. The summed E-state index contributed by atoms with van der Waals surface area (Å²) in [4.78, 5) is 13.3. The van der Waals surface area contributed by atoms with Gasteiger partial charge in [0, 0.05) is 7.05 Å². The number of anilines is 2. The Bertz CT molecular complexity index is 429. The molecule has 0 unspecified atom stereocenters. The first kappa shape index (κ1) is 9.96. The van der Waals surface area contributed by atoms with Gasteiger partial charge in [0.25, 0.3) is 5.91 Å². The van der Waals surface area contributed by atoms with Crippen molar-refractivity contribution in [1.29, 1.82) is 0 Å². The predicted octanol–water partition coefficient (Wildman–Crippen LogP) is 1.99. The first-order valence-corrected chi connectivity index (χ1v) is 4.78. The molecule has 0 saturated carbocycles. The maximum Gasteiger partial charge on any atom is 0.251 e. The molecule has 3 nitrogen and oxygen atoms in total. The van der Waals surface area contributed by atoms with Crippen LogP contribution in [0.1, 0.15) is 13.8 Å². The topological polar surface area (TPSA) is 32.3 Å². The van der Waals surface area contributed by atoms with Crippen LogP contribution in [0.5, 0.6) is 0 Å². The quantitative estimate of drug-likeness (QED) is 0.707. The number of nitrogens with one attached hydrogen (secondary N) is 1. The van der Waals surface area contributed by atoms with E-state index in [4.69, 9.17) is 0 Å². The number of hydrogen-bond acceptors (Lipinski definition) is 2. The van der Waals surface area contributed by atoms with E-state index in [2.05, 4.69) is 5.32 Å². The second-order valence-corrected chi connectivity index (χ2v) is 4.25. The van der Waals surface area contributed by atoms with Crippen LogP contribution in [-0.4, -0.2) is 18.5 Å². The zero-order valence-electron chi connectivity index (χ0n) is 8.97. The fourth-order valence-corrected chi connectivity index (χ4v) is 1.81. The number of para-hydroxylation sites is 1. The van der Waals surface area contributed by atoms with Gasteiger partial charge in [-0.25, -0.2) is 4.39 Å². The first-order valence-electron chi connectivity index (χ1n) is 4.78. The van der Waals surface area contributed by atoms with Crippen LogP contribution < -0.4 is 10.2 Å². The summed E-state index contributed by atoms with van der Waals surface area (Å²) in [5.41, 5.74) is 0.216. The van der Waals surface area contributed by atoms with Gasteiger partial charge in [0.1, 0.15) is 11.4 Å². The average molecular weight is 208 g/mol. The van der Waals surface area contributed by atoms with Gasteiger partial charge in [-0.05, 0) is 26.0 Å². The Balaban J connectivity index is 2.60. The lowest BCUT2D eigenvalue weighted by molar-refractivity contribution is -0.121. The monoisotopic (exact) mass is 208 g/mol. The smallest absolute Gasteiger partial charge is 0.251 e. The van der Waals surface area contributed by atoms with Gasteiger partial charge in [0.15, 0.2) is 0 Å². The van der Waals surface area contributed by atoms with E-state index in [9.17, 15) is 9.18 Å². The summed E-state index contributed by atoms with van der Waals surface area (Å²) in [6.45, 7) is 3.47. The zero-order valence-corrected chi connectivity index (χ0v) is 8.97. The van der Waals surface area contributed by atoms with Gasteiger partial charge >= 0.3 is 0 Å². The summed E-state index contributed by atoms with van der Waals surface area (Å²) in [5, 5.41) is 2.92. The first-order chi connectivity index (χ1) is 6.93. The molecule has 0 aromatic heterocycles. The van der Waals surface area contributed by atoms with Gasteiger partial charge in [0.2, 0.25) is 0 Å². The number of rotatable bonds is 0. The summed E-state index contributed by atoms with van der Waals surface area (Å²) in [5.74, 6) is -0.402. The van der Waals surface area contributed by atoms with E-state index in [-0.39, 0.29) is 11.7 Å². The summed E-state index contributed by atoms with van der Waals surface area (Å²) in [6, 6.07) is 4.70. The number of carbonyl (C=O) groups is 1. The van der Waals surface area contributed by atoms with Gasteiger partial charge in [-0.3, -0.25) is 4.79 Å². The van der Waals surface area contributed by atoms with Crippen molar-refractivity contribution < 1.29 is 9.18 Å². The van der Waals surface area contributed by atoms with Crippen LogP contribution in [0.4, 0.5) is 15.8 Å². The molecule has 0 fully saturated rings. The predicted molar refractivity (Wildman–Crippen MR) is 57.5 cm³/mol. The van der Waals surface area contributed by atoms with Crippen LogP contribution in [0.3, 0.4) is 0 Å². The van der Waals surface area contributed by atoms with E-state index in [0.29, 0.717) is 11.4 Å². The molecule has 1 aliphatic heterocycles. The molecule has 0 saturated heterocycles. The molecule has 1 N–H and O–H groups in total. The molecule has 80 valence electrons. The number of carbonyl (C=O) groups excluding carboxylic acids is 1. The lowest BCUT2D eigenvalue weighted by atomic mass is 9.98. The molecule has 0 atom stereocenters. The number of fused-ring (bicyclic) bond motifs is 1. The Morgan fingerprint density at radius 3 is 2.73 bits per heavy atom. The molecule has 4 heteroatoms. The maximum atomic E-state index is 13.5. The highest BCUT2D eigenvalue weighted by Gasteiger charge is 2.37.